The van der Waals surface area contributed by atoms with E-state index in [1.165, 1.54) is 17.7 Å². The number of aryl methyl sites for hydroxylation is 2. The van der Waals surface area contributed by atoms with Crippen LogP contribution in [0.2, 0.25) is 0 Å². The minimum absolute atomic E-state index is 0.218. The van der Waals surface area contributed by atoms with Crippen molar-refractivity contribution in [2.24, 2.45) is 7.05 Å². The molecule has 0 fully saturated rings. The van der Waals surface area contributed by atoms with Crippen LogP contribution in [0.3, 0.4) is 0 Å². The third-order valence-corrected chi connectivity index (χ3v) is 7.02. The van der Waals surface area contributed by atoms with Crippen molar-refractivity contribution in [3.8, 4) is 22.5 Å². The average molecular weight is 511 g/mol. The molecule has 1 N–H and O–H groups in total. The SMILES string of the molecule is Cc1nn(C)c(C)c1-c1cc(C(=O)N[C@H](C)c2ccc(C(C)C)cc2)n2nc(-c3ccc(F)cc3)cc2n1. The van der Waals surface area contributed by atoms with Gasteiger partial charge >= 0.3 is 0 Å². The van der Waals surface area contributed by atoms with Crippen molar-refractivity contribution in [3.63, 3.8) is 0 Å². The van der Waals surface area contributed by atoms with Crippen molar-refractivity contribution in [2.75, 3.05) is 0 Å². The number of hydrogen-bond acceptors (Lipinski definition) is 4. The zero-order valence-corrected chi connectivity index (χ0v) is 22.5. The monoisotopic (exact) mass is 510 g/mol. The van der Waals surface area contributed by atoms with E-state index in [9.17, 15) is 9.18 Å². The predicted octanol–water partition coefficient (Wildman–Crippen LogP) is 6.17. The third-order valence-electron chi connectivity index (χ3n) is 7.02. The summed E-state index contributed by atoms with van der Waals surface area (Å²) in [6.45, 7) is 10.2. The van der Waals surface area contributed by atoms with E-state index in [4.69, 9.17) is 4.98 Å². The number of carbonyl (C=O) groups is 1. The molecule has 0 spiro atoms. The highest BCUT2D eigenvalue weighted by molar-refractivity contribution is 5.95. The van der Waals surface area contributed by atoms with Gasteiger partial charge < -0.3 is 5.32 Å². The first kappa shape index (κ1) is 25.3. The molecule has 0 radical (unpaired) electrons. The van der Waals surface area contributed by atoms with Gasteiger partial charge in [-0.05, 0) is 68.1 Å². The summed E-state index contributed by atoms with van der Waals surface area (Å²) < 4.78 is 16.9. The summed E-state index contributed by atoms with van der Waals surface area (Å²) in [7, 11) is 1.88. The third kappa shape index (κ3) is 4.69. The Labute approximate surface area is 221 Å². The summed E-state index contributed by atoms with van der Waals surface area (Å²) in [6, 6.07) is 17.8. The maximum Gasteiger partial charge on any atom is 0.270 e. The van der Waals surface area contributed by atoms with E-state index in [2.05, 4.69) is 53.6 Å². The van der Waals surface area contributed by atoms with Crippen LogP contribution in [0.5, 0.6) is 0 Å². The number of fused-ring (bicyclic) bond motifs is 1. The minimum Gasteiger partial charge on any atom is -0.344 e. The molecule has 5 aromatic rings. The Hall–Kier alpha value is -4.33. The van der Waals surface area contributed by atoms with E-state index in [1.807, 2.05) is 33.9 Å². The van der Waals surface area contributed by atoms with E-state index in [1.54, 1.807) is 27.4 Å². The van der Waals surface area contributed by atoms with Crippen LogP contribution in [-0.4, -0.2) is 30.3 Å². The van der Waals surface area contributed by atoms with Crippen LogP contribution in [-0.2, 0) is 7.05 Å². The second-order valence-corrected chi connectivity index (χ2v) is 10.0. The fourth-order valence-corrected chi connectivity index (χ4v) is 4.69. The van der Waals surface area contributed by atoms with Gasteiger partial charge in [-0.15, -0.1) is 0 Å². The predicted molar refractivity (Wildman–Crippen MR) is 146 cm³/mol. The van der Waals surface area contributed by atoms with Gasteiger partial charge in [0.2, 0.25) is 0 Å². The molecule has 1 amide bonds. The van der Waals surface area contributed by atoms with Crippen molar-refractivity contribution in [1.29, 1.82) is 0 Å². The van der Waals surface area contributed by atoms with E-state index in [-0.39, 0.29) is 17.8 Å². The summed E-state index contributed by atoms with van der Waals surface area (Å²) >= 11 is 0. The van der Waals surface area contributed by atoms with Gasteiger partial charge in [-0.3, -0.25) is 9.48 Å². The molecule has 0 unspecified atom stereocenters. The number of halogens is 1. The van der Waals surface area contributed by atoms with Gasteiger partial charge in [-0.25, -0.2) is 13.9 Å². The molecule has 3 heterocycles. The van der Waals surface area contributed by atoms with Gasteiger partial charge in [0, 0.05) is 29.9 Å². The second kappa shape index (κ2) is 9.85. The average Bonchev–Trinajstić information content (AvgIpc) is 3.43. The summed E-state index contributed by atoms with van der Waals surface area (Å²) in [4.78, 5) is 18.5. The molecule has 0 aliphatic heterocycles. The summed E-state index contributed by atoms with van der Waals surface area (Å²) in [5, 5.41) is 12.3. The number of nitrogens with one attached hydrogen (secondary N) is 1. The van der Waals surface area contributed by atoms with Gasteiger partial charge in [0.25, 0.3) is 5.91 Å². The summed E-state index contributed by atoms with van der Waals surface area (Å²) in [5.74, 6) is -0.157. The fourth-order valence-electron chi connectivity index (χ4n) is 4.69. The van der Waals surface area contributed by atoms with Gasteiger partial charge in [0.05, 0.1) is 23.1 Å². The van der Waals surface area contributed by atoms with Crippen LogP contribution in [0.25, 0.3) is 28.2 Å². The maximum absolute atomic E-state index is 13.7. The number of benzene rings is 2. The van der Waals surface area contributed by atoms with Crippen molar-refractivity contribution >= 4 is 11.6 Å². The second-order valence-electron chi connectivity index (χ2n) is 10.0. The van der Waals surface area contributed by atoms with Crippen LogP contribution in [0.15, 0.2) is 60.7 Å². The van der Waals surface area contributed by atoms with Gasteiger partial charge in [0.1, 0.15) is 11.5 Å². The number of nitrogens with zero attached hydrogens (tertiary/aromatic N) is 5. The quantitative estimate of drug-likeness (QED) is 0.296. The first-order valence-corrected chi connectivity index (χ1v) is 12.7. The fraction of sp³-hybridized carbons (Fsp3) is 0.267. The van der Waals surface area contributed by atoms with Gasteiger partial charge in [-0.2, -0.15) is 10.2 Å². The molecule has 8 heteroatoms. The highest BCUT2D eigenvalue weighted by Gasteiger charge is 2.22. The Kier molecular flexibility index (Phi) is 6.57. The van der Waals surface area contributed by atoms with E-state index < -0.39 is 0 Å². The maximum atomic E-state index is 13.7. The zero-order chi connectivity index (χ0) is 27.1. The lowest BCUT2D eigenvalue weighted by molar-refractivity contribution is 0.0932. The standard InChI is InChI=1S/C30H31FN6O/c1-17(2)21-7-9-22(10-8-21)18(3)32-30(38)27-15-26(29-19(4)34-36(6)20(29)5)33-28-16-25(35-37(27)28)23-11-13-24(31)14-12-23/h7-18H,1-6H3,(H,32,38)/t18-/m1/s1. The molecule has 0 aliphatic carbocycles. The van der Waals surface area contributed by atoms with E-state index in [0.717, 1.165) is 28.1 Å². The highest BCUT2D eigenvalue weighted by Crippen LogP contribution is 2.28. The first-order chi connectivity index (χ1) is 18.1. The van der Waals surface area contributed by atoms with Gasteiger partial charge in [-0.1, -0.05) is 38.1 Å². The zero-order valence-electron chi connectivity index (χ0n) is 22.5. The molecule has 194 valence electrons. The molecule has 7 nitrogen and oxygen atoms in total. The Morgan fingerprint density at radius 3 is 2.16 bits per heavy atom. The topological polar surface area (TPSA) is 77.1 Å². The lowest BCUT2D eigenvalue weighted by atomic mass is 9.99. The Morgan fingerprint density at radius 2 is 1.55 bits per heavy atom. The largest absolute Gasteiger partial charge is 0.344 e. The molecule has 0 saturated heterocycles. The molecular weight excluding hydrogens is 479 g/mol. The van der Waals surface area contributed by atoms with Crippen molar-refractivity contribution < 1.29 is 9.18 Å². The highest BCUT2D eigenvalue weighted by atomic mass is 19.1. The normalized spacial score (nSPS) is 12.3. The molecule has 0 saturated carbocycles. The molecule has 1 atom stereocenters. The Bertz CT molecular complexity index is 1630. The van der Waals surface area contributed by atoms with Crippen LogP contribution in [0, 0.1) is 19.7 Å². The Morgan fingerprint density at radius 1 is 0.895 bits per heavy atom. The van der Waals surface area contributed by atoms with Crippen molar-refractivity contribution in [1.82, 2.24) is 29.7 Å². The molecule has 2 aromatic carbocycles. The smallest absolute Gasteiger partial charge is 0.270 e. The molecule has 0 bridgehead atoms. The summed E-state index contributed by atoms with van der Waals surface area (Å²) in [5.41, 5.74) is 7.76. The lowest BCUT2D eigenvalue weighted by Gasteiger charge is -2.16. The number of amides is 1. The summed E-state index contributed by atoms with van der Waals surface area (Å²) in [6.07, 6.45) is 0. The van der Waals surface area contributed by atoms with Gasteiger partial charge in [0.15, 0.2) is 5.65 Å². The molecule has 5 rings (SSSR count). The van der Waals surface area contributed by atoms with Crippen molar-refractivity contribution in [2.45, 2.75) is 46.6 Å². The van der Waals surface area contributed by atoms with E-state index >= 15 is 0 Å². The number of rotatable bonds is 6. The molecule has 3 aromatic heterocycles. The van der Waals surface area contributed by atoms with Crippen LogP contribution in [0.4, 0.5) is 4.39 Å². The first-order valence-electron chi connectivity index (χ1n) is 12.7. The van der Waals surface area contributed by atoms with Crippen LogP contribution in [0.1, 0.15) is 65.7 Å². The van der Waals surface area contributed by atoms with Crippen LogP contribution >= 0.6 is 0 Å². The van der Waals surface area contributed by atoms with Crippen LogP contribution < -0.4 is 5.32 Å². The molecular formula is C30H31FN6O. The molecule has 0 aliphatic rings. The minimum atomic E-state index is -0.323. The van der Waals surface area contributed by atoms with E-state index in [0.29, 0.717) is 28.6 Å². The lowest BCUT2D eigenvalue weighted by Crippen LogP contribution is -2.29. The number of hydrogen-bond donors (Lipinski definition) is 1. The Balaban J connectivity index is 1.58. The van der Waals surface area contributed by atoms with Crippen molar-refractivity contribution in [3.05, 3.63) is 94.7 Å². The molecule has 38 heavy (non-hydrogen) atoms. The number of carbonyl (C=O) groups excluding carboxylic acids is 1. The number of aromatic nitrogens is 5.